The zero-order valence-electron chi connectivity index (χ0n) is 15.4. The molecule has 0 aliphatic carbocycles. The van der Waals surface area contributed by atoms with Crippen LogP contribution in [0.15, 0.2) is 53.6 Å². The van der Waals surface area contributed by atoms with Crippen molar-refractivity contribution in [2.45, 2.75) is 26.5 Å². The first-order valence-corrected chi connectivity index (χ1v) is 8.46. The largest absolute Gasteiger partial charge is 0.488 e. The third kappa shape index (κ3) is 6.20. The molecular formula is C19H20N4O5. The molecule has 9 heteroatoms. The molecule has 0 aromatic heterocycles. The lowest BCUT2D eigenvalue weighted by Crippen LogP contribution is -2.41. The Hall–Kier alpha value is -3.75. The second-order valence-corrected chi connectivity index (χ2v) is 6.08. The quantitative estimate of drug-likeness (QED) is 0.328. The number of nitro groups is 1. The molecule has 0 fully saturated rings. The van der Waals surface area contributed by atoms with Gasteiger partial charge in [-0.25, -0.2) is 5.43 Å². The number of hydrogen-bond acceptors (Lipinski definition) is 6. The molecule has 2 rings (SSSR count). The average Bonchev–Trinajstić information content (AvgIpc) is 2.66. The van der Waals surface area contributed by atoms with E-state index in [-0.39, 0.29) is 18.3 Å². The summed E-state index contributed by atoms with van der Waals surface area (Å²) in [4.78, 5) is 33.4. The minimum Gasteiger partial charge on any atom is -0.488 e. The van der Waals surface area contributed by atoms with E-state index in [4.69, 9.17) is 4.74 Å². The number of carbonyl (C=O) groups excluding carboxylic acids is 2. The summed E-state index contributed by atoms with van der Waals surface area (Å²) >= 11 is 0. The fourth-order valence-corrected chi connectivity index (χ4v) is 2.13. The van der Waals surface area contributed by atoms with Crippen molar-refractivity contribution in [1.82, 2.24) is 10.7 Å². The number of nitro benzene ring substituents is 1. The van der Waals surface area contributed by atoms with E-state index in [0.29, 0.717) is 11.3 Å². The highest BCUT2D eigenvalue weighted by atomic mass is 16.6. The van der Waals surface area contributed by atoms with E-state index in [9.17, 15) is 19.7 Å². The van der Waals surface area contributed by atoms with Gasteiger partial charge in [-0.05, 0) is 43.7 Å². The number of non-ortho nitro benzene ring substituents is 1. The molecule has 0 heterocycles. The van der Waals surface area contributed by atoms with Crippen LogP contribution in [-0.2, 0) is 16.2 Å². The maximum absolute atomic E-state index is 11.6. The Labute approximate surface area is 161 Å². The summed E-state index contributed by atoms with van der Waals surface area (Å²) in [5.74, 6) is -1.13. The molecule has 0 radical (unpaired) electrons. The van der Waals surface area contributed by atoms with E-state index in [1.165, 1.54) is 18.3 Å². The number of nitrogens with zero attached hydrogens (tertiary/aromatic N) is 2. The molecule has 28 heavy (non-hydrogen) atoms. The van der Waals surface area contributed by atoms with Gasteiger partial charge >= 0.3 is 11.8 Å². The van der Waals surface area contributed by atoms with E-state index in [1.807, 2.05) is 0 Å². The third-order valence-electron chi connectivity index (χ3n) is 3.46. The Kier molecular flexibility index (Phi) is 7.21. The monoisotopic (exact) mass is 384 g/mol. The topological polar surface area (TPSA) is 123 Å². The van der Waals surface area contributed by atoms with Crippen LogP contribution in [0.2, 0.25) is 0 Å². The lowest BCUT2D eigenvalue weighted by Gasteiger charge is -2.09. The number of nitrogens with one attached hydrogen (secondary N) is 2. The van der Waals surface area contributed by atoms with Crippen LogP contribution in [0.25, 0.3) is 0 Å². The molecule has 0 saturated carbocycles. The van der Waals surface area contributed by atoms with Gasteiger partial charge in [-0.2, -0.15) is 5.10 Å². The van der Waals surface area contributed by atoms with Crippen LogP contribution in [0.5, 0.6) is 5.75 Å². The highest BCUT2D eigenvalue weighted by Crippen LogP contribution is 2.18. The summed E-state index contributed by atoms with van der Waals surface area (Å²) in [6.07, 6.45) is 1.37. The predicted molar refractivity (Wildman–Crippen MR) is 103 cm³/mol. The number of amides is 2. The second kappa shape index (κ2) is 9.81. The summed E-state index contributed by atoms with van der Waals surface area (Å²) in [5.41, 5.74) is 3.51. The van der Waals surface area contributed by atoms with Crippen molar-refractivity contribution in [3.8, 4) is 5.75 Å². The molecule has 0 aliphatic heterocycles. The van der Waals surface area contributed by atoms with Crippen molar-refractivity contribution >= 4 is 23.7 Å². The number of benzene rings is 2. The van der Waals surface area contributed by atoms with Crippen molar-refractivity contribution in [3.05, 3.63) is 69.8 Å². The van der Waals surface area contributed by atoms with Crippen LogP contribution in [-0.4, -0.2) is 29.0 Å². The molecular weight excluding hydrogens is 364 g/mol. The molecule has 0 atom stereocenters. The van der Waals surface area contributed by atoms with Crippen LogP contribution in [0.3, 0.4) is 0 Å². The number of para-hydroxylation sites is 1. The SMILES string of the molecule is CC(C)NC(=O)C(=O)N/N=C\c1ccccc1OCc1ccc([N+](=O)[O-])cc1. The molecule has 0 aliphatic rings. The highest BCUT2D eigenvalue weighted by Gasteiger charge is 2.13. The van der Waals surface area contributed by atoms with Crippen LogP contribution in [0.4, 0.5) is 5.69 Å². The van der Waals surface area contributed by atoms with E-state index in [0.717, 1.165) is 5.56 Å². The van der Waals surface area contributed by atoms with E-state index < -0.39 is 16.7 Å². The first kappa shape index (κ1) is 20.6. The van der Waals surface area contributed by atoms with Gasteiger partial charge in [0, 0.05) is 23.7 Å². The Morgan fingerprint density at radius 3 is 2.46 bits per heavy atom. The van der Waals surface area contributed by atoms with E-state index in [2.05, 4.69) is 15.8 Å². The second-order valence-electron chi connectivity index (χ2n) is 6.08. The summed E-state index contributed by atoms with van der Waals surface area (Å²) < 4.78 is 5.73. The van der Waals surface area contributed by atoms with Gasteiger partial charge in [-0.3, -0.25) is 19.7 Å². The van der Waals surface area contributed by atoms with Crippen molar-refractivity contribution in [2.75, 3.05) is 0 Å². The summed E-state index contributed by atoms with van der Waals surface area (Å²) in [5, 5.41) is 16.9. The molecule has 2 aromatic carbocycles. The van der Waals surface area contributed by atoms with Crippen molar-refractivity contribution in [3.63, 3.8) is 0 Å². The van der Waals surface area contributed by atoms with Crippen LogP contribution < -0.4 is 15.5 Å². The number of ether oxygens (including phenoxy) is 1. The van der Waals surface area contributed by atoms with Gasteiger partial charge in [-0.15, -0.1) is 0 Å². The van der Waals surface area contributed by atoms with Crippen LogP contribution >= 0.6 is 0 Å². The number of hydrogen-bond donors (Lipinski definition) is 2. The Morgan fingerprint density at radius 1 is 1.14 bits per heavy atom. The van der Waals surface area contributed by atoms with Gasteiger partial charge < -0.3 is 10.1 Å². The Morgan fingerprint density at radius 2 is 1.82 bits per heavy atom. The van der Waals surface area contributed by atoms with Gasteiger partial charge in [0.05, 0.1) is 11.1 Å². The van der Waals surface area contributed by atoms with Gasteiger partial charge in [0.1, 0.15) is 12.4 Å². The average molecular weight is 384 g/mol. The minimum absolute atomic E-state index is 0.00790. The fourth-order valence-electron chi connectivity index (χ4n) is 2.13. The lowest BCUT2D eigenvalue weighted by atomic mass is 10.2. The van der Waals surface area contributed by atoms with Gasteiger partial charge in [0.15, 0.2) is 0 Å². The standard InChI is InChI=1S/C19H20N4O5/c1-13(2)21-18(24)19(25)22-20-11-15-5-3-4-6-17(15)28-12-14-7-9-16(10-8-14)23(26)27/h3-11,13H,12H2,1-2H3,(H,21,24)(H,22,25)/b20-11-. The van der Waals surface area contributed by atoms with Gasteiger partial charge in [-0.1, -0.05) is 12.1 Å². The fraction of sp³-hybridized carbons (Fsp3) is 0.211. The maximum atomic E-state index is 11.6. The third-order valence-corrected chi connectivity index (χ3v) is 3.46. The summed E-state index contributed by atoms with van der Waals surface area (Å²) in [6.45, 7) is 3.69. The predicted octanol–water partition coefficient (Wildman–Crippen LogP) is 2.15. The van der Waals surface area contributed by atoms with Crippen molar-refractivity contribution in [2.24, 2.45) is 5.10 Å². The van der Waals surface area contributed by atoms with E-state index in [1.54, 1.807) is 50.2 Å². The number of rotatable bonds is 7. The normalized spacial score (nSPS) is 10.7. The smallest absolute Gasteiger partial charge is 0.329 e. The molecule has 146 valence electrons. The Bertz CT molecular complexity index is 878. The molecule has 2 amide bonds. The van der Waals surface area contributed by atoms with Gasteiger partial charge in [0.25, 0.3) is 5.69 Å². The first-order chi connectivity index (χ1) is 13.4. The highest BCUT2D eigenvalue weighted by molar-refractivity contribution is 6.35. The molecule has 2 aromatic rings. The summed E-state index contributed by atoms with van der Waals surface area (Å²) in [7, 11) is 0. The van der Waals surface area contributed by atoms with Crippen molar-refractivity contribution in [1.29, 1.82) is 0 Å². The van der Waals surface area contributed by atoms with E-state index >= 15 is 0 Å². The zero-order chi connectivity index (χ0) is 20.5. The zero-order valence-corrected chi connectivity index (χ0v) is 15.4. The maximum Gasteiger partial charge on any atom is 0.329 e. The number of hydrazone groups is 1. The molecule has 0 unspecified atom stereocenters. The van der Waals surface area contributed by atoms with Crippen molar-refractivity contribution < 1.29 is 19.2 Å². The Balaban J connectivity index is 1.97. The van der Waals surface area contributed by atoms with Gasteiger partial charge in [0.2, 0.25) is 0 Å². The first-order valence-electron chi connectivity index (χ1n) is 8.46. The molecule has 0 spiro atoms. The lowest BCUT2D eigenvalue weighted by molar-refractivity contribution is -0.384. The molecule has 2 N–H and O–H groups in total. The van der Waals surface area contributed by atoms with Crippen LogP contribution in [0, 0.1) is 10.1 Å². The molecule has 0 saturated heterocycles. The summed E-state index contributed by atoms with van der Waals surface area (Å²) in [6, 6.07) is 12.9. The molecule has 0 bridgehead atoms. The molecule has 9 nitrogen and oxygen atoms in total. The number of carbonyl (C=O) groups is 2. The van der Waals surface area contributed by atoms with Crippen LogP contribution in [0.1, 0.15) is 25.0 Å². The minimum atomic E-state index is -0.866.